The summed E-state index contributed by atoms with van der Waals surface area (Å²) in [6.45, 7) is 2.06. The Hall–Kier alpha value is -2.63. The molecule has 0 saturated carbocycles. The third-order valence-corrected chi connectivity index (χ3v) is 3.65. The van der Waals surface area contributed by atoms with E-state index in [1.54, 1.807) is 13.3 Å². The van der Waals surface area contributed by atoms with Gasteiger partial charge in [0.05, 0.1) is 12.6 Å². The molecule has 0 aliphatic heterocycles. The number of fused-ring (bicyclic) bond motifs is 1. The molecular formula is C15H17N5O. The third kappa shape index (κ3) is 2.29. The van der Waals surface area contributed by atoms with Crippen molar-refractivity contribution >= 4 is 22.4 Å². The summed E-state index contributed by atoms with van der Waals surface area (Å²) >= 11 is 0. The van der Waals surface area contributed by atoms with Crippen molar-refractivity contribution in [3.63, 3.8) is 0 Å². The summed E-state index contributed by atoms with van der Waals surface area (Å²) in [7, 11) is 5.47. The number of nitrogens with zero attached hydrogens (tertiary/aromatic N) is 5. The van der Waals surface area contributed by atoms with Gasteiger partial charge in [-0.1, -0.05) is 0 Å². The van der Waals surface area contributed by atoms with E-state index in [9.17, 15) is 0 Å². The molecule has 0 radical (unpaired) electrons. The van der Waals surface area contributed by atoms with E-state index < -0.39 is 0 Å². The maximum Gasteiger partial charge on any atom is 0.318 e. The molecule has 21 heavy (non-hydrogen) atoms. The summed E-state index contributed by atoms with van der Waals surface area (Å²) in [5.74, 6) is 0.772. The Morgan fingerprint density at radius 3 is 2.81 bits per heavy atom. The van der Waals surface area contributed by atoms with Crippen LogP contribution in [0.15, 0.2) is 30.5 Å². The van der Waals surface area contributed by atoms with Gasteiger partial charge in [-0.2, -0.15) is 10.1 Å². The number of methoxy groups -OCH3 is 1. The lowest BCUT2D eigenvalue weighted by atomic mass is 10.2. The van der Waals surface area contributed by atoms with Crippen LogP contribution in [0.1, 0.15) is 5.69 Å². The second-order valence-electron chi connectivity index (χ2n) is 4.87. The van der Waals surface area contributed by atoms with E-state index in [1.165, 1.54) is 0 Å². The van der Waals surface area contributed by atoms with Crippen LogP contribution in [0.4, 0.5) is 11.5 Å². The minimum absolute atomic E-state index is 0.356. The molecule has 0 aliphatic carbocycles. The lowest BCUT2D eigenvalue weighted by Crippen LogP contribution is -2.11. The van der Waals surface area contributed by atoms with Crippen LogP contribution in [-0.4, -0.2) is 33.9 Å². The van der Waals surface area contributed by atoms with Crippen LogP contribution in [0.25, 0.3) is 10.9 Å². The van der Waals surface area contributed by atoms with E-state index >= 15 is 0 Å². The molecule has 2 aromatic heterocycles. The monoisotopic (exact) mass is 283 g/mol. The molecule has 6 heteroatoms. The normalized spacial score (nSPS) is 10.9. The molecule has 0 amide bonds. The van der Waals surface area contributed by atoms with Gasteiger partial charge in [-0.3, -0.25) is 4.68 Å². The van der Waals surface area contributed by atoms with Crippen molar-refractivity contribution < 1.29 is 4.74 Å². The first kappa shape index (κ1) is 13.4. The van der Waals surface area contributed by atoms with E-state index in [0.29, 0.717) is 6.01 Å². The molecule has 0 saturated heterocycles. The Morgan fingerprint density at radius 1 is 1.24 bits per heavy atom. The van der Waals surface area contributed by atoms with Gasteiger partial charge in [0.2, 0.25) is 0 Å². The molecule has 0 unspecified atom stereocenters. The second-order valence-corrected chi connectivity index (χ2v) is 4.87. The Morgan fingerprint density at radius 2 is 2.05 bits per heavy atom. The zero-order valence-corrected chi connectivity index (χ0v) is 12.5. The summed E-state index contributed by atoms with van der Waals surface area (Å²) in [5, 5.41) is 5.68. The summed E-state index contributed by atoms with van der Waals surface area (Å²) < 4.78 is 6.96. The van der Waals surface area contributed by atoms with Crippen LogP contribution < -0.4 is 9.64 Å². The quantitative estimate of drug-likeness (QED) is 0.739. The van der Waals surface area contributed by atoms with Crippen molar-refractivity contribution in [1.82, 2.24) is 19.7 Å². The van der Waals surface area contributed by atoms with Crippen LogP contribution in [0.2, 0.25) is 0 Å². The molecule has 0 aliphatic rings. The van der Waals surface area contributed by atoms with Gasteiger partial charge in [0, 0.05) is 37.1 Å². The van der Waals surface area contributed by atoms with Gasteiger partial charge in [0.25, 0.3) is 0 Å². The molecule has 0 fully saturated rings. The van der Waals surface area contributed by atoms with E-state index in [4.69, 9.17) is 4.74 Å². The topological polar surface area (TPSA) is 56.1 Å². The molecular weight excluding hydrogens is 266 g/mol. The number of hydrogen-bond acceptors (Lipinski definition) is 5. The van der Waals surface area contributed by atoms with Crippen LogP contribution in [0.5, 0.6) is 6.01 Å². The number of benzene rings is 1. The number of rotatable bonds is 3. The molecule has 0 N–H and O–H groups in total. The number of aromatic nitrogens is 4. The molecule has 3 aromatic rings. The van der Waals surface area contributed by atoms with E-state index in [1.807, 2.05) is 29.7 Å². The SMILES string of the molecule is COc1nccc(N(C)c2ccc3c(C)n(C)nc3c2)n1. The second kappa shape index (κ2) is 5.05. The van der Waals surface area contributed by atoms with Gasteiger partial charge in [-0.15, -0.1) is 0 Å². The van der Waals surface area contributed by atoms with Crippen molar-refractivity contribution in [1.29, 1.82) is 0 Å². The minimum atomic E-state index is 0.356. The van der Waals surface area contributed by atoms with Crippen LogP contribution in [0, 0.1) is 6.92 Å². The molecule has 2 heterocycles. The minimum Gasteiger partial charge on any atom is -0.467 e. The summed E-state index contributed by atoms with van der Waals surface area (Å²) in [6, 6.07) is 8.40. The van der Waals surface area contributed by atoms with Crippen LogP contribution in [0.3, 0.4) is 0 Å². The average Bonchev–Trinajstić information content (AvgIpc) is 2.81. The van der Waals surface area contributed by atoms with E-state index in [-0.39, 0.29) is 0 Å². The number of ether oxygens (including phenoxy) is 1. The lowest BCUT2D eigenvalue weighted by molar-refractivity contribution is 0.380. The molecule has 0 atom stereocenters. The standard InChI is InChI=1S/C15H17N5O/c1-10-12-6-5-11(9-13(12)18-20(10)3)19(2)14-7-8-16-15(17-14)21-4/h5-9H,1-4H3. The summed E-state index contributed by atoms with van der Waals surface area (Å²) in [4.78, 5) is 10.3. The Kier molecular flexibility index (Phi) is 3.21. The first-order valence-corrected chi connectivity index (χ1v) is 6.64. The number of anilines is 2. The van der Waals surface area contributed by atoms with Crippen molar-refractivity contribution in [3.05, 3.63) is 36.2 Å². The Bertz CT molecular complexity index is 796. The number of hydrogen-bond donors (Lipinski definition) is 0. The fourth-order valence-electron chi connectivity index (χ4n) is 2.28. The van der Waals surface area contributed by atoms with E-state index in [2.05, 4.69) is 40.2 Å². The van der Waals surface area contributed by atoms with E-state index in [0.717, 1.165) is 28.1 Å². The molecule has 108 valence electrons. The summed E-state index contributed by atoms with van der Waals surface area (Å²) in [6.07, 6.45) is 1.68. The van der Waals surface area contributed by atoms with Gasteiger partial charge in [0.1, 0.15) is 5.82 Å². The van der Waals surface area contributed by atoms with Crippen LogP contribution >= 0.6 is 0 Å². The van der Waals surface area contributed by atoms with Gasteiger partial charge < -0.3 is 9.64 Å². The fourth-order valence-corrected chi connectivity index (χ4v) is 2.28. The Labute approximate surface area is 123 Å². The van der Waals surface area contributed by atoms with Crippen LogP contribution in [-0.2, 0) is 7.05 Å². The molecule has 3 rings (SSSR count). The molecule has 1 aromatic carbocycles. The predicted molar refractivity (Wildman–Crippen MR) is 82.1 cm³/mol. The highest BCUT2D eigenvalue weighted by atomic mass is 16.5. The third-order valence-electron chi connectivity index (χ3n) is 3.65. The van der Waals surface area contributed by atoms with Gasteiger partial charge in [-0.05, 0) is 31.2 Å². The molecule has 0 spiro atoms. The zero-order valence-electron chi connectivity index (χ0n) is 12.5. The highest BCUT2D eigenvalue weighted by Crippen LogP contribution is 2.27. The van der Waals surface area contributed by atoms with Crippen molar-refractivity contribution in [2.75, 3.05) is 19.1 Å². The van der Waals surface area contributed by atoms with Gasteiger partial charge >= 0.3 is 6.01 Å². The lowest BCUT2D eigenvalue weighted by Gasteiger charge is -2.18. The predicted octanol–water partition coefficient (Wildman–Crippen LogP) is 2.45. The zero-order chi connectivity index (χ0) is 15.0. The van der Waals surface area contributed by atoms with Crippen molar-refractivity contribution in [2.24, 2.45) is 7.05 Å². The largest absolute Gasteiger partial charge is 0.467 e. The fraction of sp³-hybridized carbons (Fsp3) is 0.267. The van der Waals surface area contributed by atoms with Crippen molar-refractivity contribution in [2.45, 2.75) is 6.92 Å². The van der Waals surface area contributed by atoms with Gasteiger partial charge in [0.15, 0.2) is 0 Å². The number of aryl methyl sites for hydroxylation is 2. The molecule has 0 bridgehead atoms. The molecule has 6 nitrogen and oxygen atoms in total. The maximum absolute atomic E-state index is 5.07. The van der Waals surface area contributed by atoms with Crippen molar-refractivity contribution in [3.8, 4) is 6.01 Å². The first-order chi connectivity index (χ1) is 10.1. The van der Waals surface area contributed by atoms with Gasteiger partial charge in [-0.25, -0.2) is 4.98 Å². The highest BCUT2D eigenvalue weighted by molar-refractivity contribution is 5.85. The maximum atomic E-state index is 5.07. The summed E-state index contributed by atoms with van der Waals surface area (Å²) in [5.41, 5.74) is 3.14. The smallest absolute Gasteiger partial charge is 0.318 e. The average molecular weight is 283 g/mol. The Balaban J connectivity index is 2.02. The highest BCUT2D eigenvalue weighted by Gasteiger charge is 2.10. The first-order valence-electron chi connectivity index (χ1n) is 6.64.